The fourth-order valence-electron chi connectivity index (χ4n) is 1.43. The van der Waals surface area contributed by atoms with Gasteiger partial charge < -0.3 is 16.2 Å². The van der Waals surface area contributed by atoms with Crippen molar-refractivity contribution in [1.82, 2.24) is 4.90 Å². The second-order valence-electron chi connectivity index (χ2n) is 3.98. The van der Waals surface area contributed by atoms with Gasteiger partial charge >= 0.3 is 0 Å². The molecule has 0 aromatic heterocycles. The van der Waals surface area contributed by atoms with E-state index in [4.69, 9.17) is 16.2 Å². The number of carbonyl (C=O) groups is 1. The molecule has 0 saturated heterocycles. The number of benzene rings is 1. The van der Waals surface area contributed by atoms with Crippen molar-refractivity contribution in [2.45, 2.75) is 6.42 Å². The van der Waals surface area contributed by atoms with Gasteiger partial charge in [-0.3, -0.25) is 9.69 Å². The Bertz CT molecular complexity index is 351. The molecule has 0 bridgehead atoms. The van der Waals surface area contributed by atoms with E-state index < -0.39 is 0 Å². The van der Waals surface area contributed by atoms with Gasteiger partial charge in [-0.15, -0.1) is 0 Å². The molecule has 0 atom stereocenters. The van der Waals surface area contributed by atoms with Crippen molar-refractivity contribution in [3.05, 3.63) is 24.3 Å². The Morgan fingerprint density at radius 3 is 2.59 bits per heavy atom. The largest absolute Gasteiger partial charge is 0.494 e. The van der Waals surface area contributed by atoms with E-state index in [1.807, 2.05) is 24.1 Å². The number of nitrogens with two attached hydrogens (primary N) is 2. The second-order valence-corrected chi connectivity index (χ2v) is 3.98. The van der Waals surface area contributed by atoms with Crippen molar-refractivity contribution in [1.29, 1.82) is 0 Å². The number of nitrogen functional groups attached to an aromatic ring is 1. The molecule has 5 nitrogen and oxygen atoms in total. The molecule has 1 amide bonds. The van der Waals surface area contributed by atoms with Crippen LogP contribution in [-0.2, 0) is 4.79 Å². The lowest BCUT2D eigenvalue weighted by atomic mass is 10.3. The first-order valence-electron chi connectivity index (χ1n) is 5.53. The molecule has 0 unspecified atom stereocenters. The van der Waals surface area contributed by atoms with E-state index in [2.05, 4.69) is 0 Å². The topological polar surface area (TPSA) is 81.6 Å². The predicted molar refractivity (Wildman–Crippen MR) is 67.7 cm³/mol. The van der Waals surface area contributed by atoms with E-state index in [9.17, 15) is 4.79 Å². The number of amides is 1. The van der Waals surface area contributed by atoms with Gasteiger partial charge in [0.1, 0.15) is 5.75 Å². The van der Waals surface area contributed by atoms with Gasteiger partial charge in [-0.05, 0) is 37.7 Å². The van der Waals surface area contributed by atoms with Crippen LogP contribution in [0.4, 0.5) is 5.69 Å². The Morgan fingerprint density at radius 1 is 1.35 bits per heavy atom. The second kappa shape index (κ2) is 6.75. The molecule has 1 rings (SSSR count). The summed E-state index contributed by atoms with van der Waals surface area (Å²) < 4.78 is 5.52. The molecular weight excluding hydrogens is 218 g/mol. The van der Waals surface area contributed by atoms with Crippen molar-refractivity contribution in [3.8, 4) is 5.75 Å². The molecule has 0 heterocycles. The molecular formula is C12H19N3O2. The first kappa shape index (κ1) is 13.3. The highest BCUT2D eigenvalue weighted by atomic mass is 16.5. The number of carbonyl (C=O) groups excluding carboxylic acids is 1. The van der Waals surface area contributed by atoms with Gasteiger partial charge in [-0.25, -0.2) is 0 Å². The van der Waals surface area contributed by atoms with Crippen molar-refractivity contribution < 1.29 is 9.53 Å². The smallest absolute Gasteiger partial charge is 0.231 e. The van der Waals surface area contributed by atoms with E-state index in [0.717, 1.165) is 24.4 Å². The molecule has 0 saturated carbocycles. The molecule has 0 aliphatic heterocycles. The summed E-state index contributed by atoms with van der Waals surface area (Å²) in [4.78, 5) is 12.5. The fourth-order valence-corrected chi connectivity index (χ4v) is 1.43. The van der Waals surface area contributed by atoms with Crippen LogP contribution in [0.3, 0.4) is 0 Å². The van der Waals surface area contributed by atoms with E-state index in [1.165, 1.54) is 0 Å². The molecule has 0 radical (unpaired) electrons. The summed E-state index contributed by atoms with van der Waals surface area (Å²) in [7, 11) is 1.86. The minimum Gasteiger partial charge on any atom is -0.494 e. The van der Waals surface area contributed by atoms with E-state index in [1.54, 1.807) is 12.1 Å². The van der Waals surface area contributed by atoms with Crippen LogP contribution in [0.1, 0.15) is 6.42 Å². The minimum absolute atomic E-state index is 0.280. The fraction of sp³-hybridized carbons (Fsp3) is 0.417. The number of primary amides is 1. The lowest BCUT2D eigenvalue weighted by Gasteiger charge is -2.14. The number of nitrogens with zero attached hydrogens (tertiary/aromatic N) is 1. The molecule has 0 spiro atoms. The van der Waals surface area contributed by atoms with E-state index in [0.29, 0.717) is 6.61 Å². The van der Waals surface area contributed by atoms with Crippen LogP contribution in [-0.4, -0.2) is 37.6 Å². The molecule has 17 heavy (non-hydrogen) atoms. The predicted octanol–water partition coefficient (Wildman–Crippen LogP) is 0.455. The highest BCUT2D eigenvalue weighted by Gasteiger charge is 2.01. The Morgan fingerprint density at radius 2 is 2.00 bits per heavy atom. The normalized spacial score (nSPS) is 10.5. The molecule has 5 heteroatoms. The van der Waals surface area contributed by atoms with Gasteiger partial charge in [-0.2, -0.15) is 0 Å². The quantitative estimate of drug-likeness (QED) is 0.533. The molecule has 1 aromatic rings. The van der Waals surface area contributed by atoms with Gasteiger partial charge in [0.05, 0.1) is 13.2 Å². The third-order valence-corrected chi connectivity index (χ3v) is 2.26. The molecule has 1 aromatic carbocycles. The van der Waals surface area contributed by atoms with Crippen molar-refractivity contribution in [3.63, 3.8) is 0 Å². The maximum absolute atomic E-state index is 10.6. The summed E-state index contributed by atoms with van der Waals surface area (Å²) in [6.45, 7) is 1.66. The van der Waals surface area contributed by atoms with E-state index in [-0.39, 0.29) is 12.5 Å². The Hall–Kier alpha value is -1.75. The number of likely N-dealkylation sites (N-methyl/N-ethyl adjacent to an activating group) is 1. The third kappa shape index (κ3) is 5.77. The van der Waals surface area contributed by atoms with Crippen molar-refractivity contribution in [2.75, 3.05) is 32.5 Å². The van der Waals surface area contributed by atoms with Gasteiger partial charge in [0.2, 0.25) is 5.91 Å². The number of hydrogen-bond donors (Lipinski definition) is 2. The highest BCUT2D eigenvalue weighted by molar-refractivity contribution is 5.75. The Labute approximate surface area is 101 Å². The van der Waals surface area contributed by atoms with E-state index >= 15 is 0 Å². The molecule has 0 aliphatic rings. The number of ether oxygens (including phenoxy) is 1. The van der Waals surface area contributed by atoms with Gasteiger partial charge in [0, 0.05) is 12.2 Å². The highest BCUT2D eigenvalue weighted by Crippen LogP contribution is 2.13. The average molecular weight is 237 g/mol. The number of anilines is 1. The first-order chi connectivity index (χ1) is 8.08. The van der Waals surface area contributed by atoms with Crippen molar-refractivity contribution >= 4 is 11.6 Å². The summed E-state index contributed by atoms with van der Waals surface area (Å²) >= 11 is 0. The summed E-state index contributed by atoms with van der Waals surface area (Å²) in [5.41, 5.74) is 11.4. The average Bonchev–Trinajstić information content (AvgIpc) is 2.26. The lowest BCUT2D eigenvalue weighted by molar-refractivity contribution is -0.118. The number of hydrogen-bond acceptors (Lipinski definition) is 4. The standard InChI is InChI=1S/C12H19N3O2/c1-15(9-12(14)16)7-2-8-17-11-5-3-10(13)4-6-11/h3-6H,2,7-9,13H2,1H3,(H2,14,16). The maximum atomic E-state index is 10.6. The summed E-state index contributed by atoms with van der Waals surface area (Å²) in [5.74, 6) is 0.490. The van der Waals surface area contributed by atoms with Crippen LogP contribution in [0.25, 0.3) is 0 Å². The van der Waals surface area contributed by atoms with Gasteiger partial charge in [-0.1, -0.05) is 0 Å². The van der Waals surface area contributed by atoms with Crippen LogP contribution in [0, 0.1) is 0 Å². The monoisotopic (exact) mass is 237 g/mol. The molecule has 0 aliphatic carbocycles. The third-order valence-electron chi connectivity index (χ3n) is 2.26. The van der Waals surface area contributed by atoms with Crippen LogP contribution in [0.5, 0.6) is 5.75 Å². The number of rotatable bonds is 7. The maximum Gasteiger partial charge on any atom is 0.231 e. The summed E-state index contributed by atoms with van der Waals surface area (Å²) in [6.07, 6.45) is 0.841. The Balaban J connectivity index is 2.15. The molecule has 4 N–H and O–H groups in total. The van der Waals surface area contributed by atoms with Crippen LogP contribution < -0.4 is 16.2 Å². The van der Waals surface area contributed by atoms with Crippen molar-refractivity contribution in [2.24, 2.45) is 5.73 Å². The van der Waals surface area contributed by atoms with Gasteiger partial charge in [0.25, 0.3) is 0 Å². The first-order valence-corrected chi connectivity index (χ1v) is 5.53. The SMILES string of the molecule is CN(CCCOc1ccc(N)cc1)CC(N)=O. The zero-order valence-electron chi connectivity index (χ0n) is 10.1. The van der Waals surface area contributed by atoms with Crippen LogP contribution in [0.2, 0.25) is 0 Å². The Kier molecular flexibility index (Phi) is 5.29. The zero-order valence-corrected chi connectivity index (χ0v) is 10.1. The van der Waals surface area contributed by atoms with Crippen LogP contribution >= 0.6 is 0 Å². The summed E-state index contributed by atoms with van der Waals surface area (Å²) in [5, 5.41) is 0. The lowest BCUT2D eigenvalue weighted by Crippen LogP contribution is -2.31. The zero-order chi connectivity index (χ0) is 12.7. The van der Waals surface area contributed by atoms with Gasteiger partial charge in [0.15, 0.2) is 0 Å². The molecule has 0 fully saturated rings. The molecule has 94 valence electrons. The van der Waals surface area contributed by atoms with Crippen LogP contribution in [0.15, 0.2) is 24.3 Å². The summed E-state index contributed by atoms with van der Waals surface area (Å²) in [6, 6.07) is 7.27. The minimum atomic E-state index is -0.313.